The molecule has 1 saturated heterocycles. The molecule has 0 radical (unpaired) electrons. The molecule has 4 rings (SSSR count). The molecule has 26 heavy (non-hydrogen) atoms. The molecular weight excluding hydrogens is 330 g/mol. The lowest BCUT2D eigenvalue weighted by molar-refractivity contribution is -0.131. The van der Waals surface area contributed by atoms with Gasteiger partial charge >= 0.3 is 6.03 Å². The number of nitrogens with zero attached hydrogens (tertiary/aromatic N) is 2. The third-order valence-corrected chi connectivity index (χ3v) is 5.97. The molecule has 1 aromatic rings. The van der Waals surface area contributed by atoms with E-state index in [1.165, 1.54) is 10.5 Å². The molecule has 0 bridgehead atoms. The number of carbonyl (C=O) groups excluding carboxylic acids is 3. The van der Waals surface area contributed by atoms with Crippen LogP contribution in [0.15, 0.2) is 18.2 Å². The van der Waals surface area contributed by atoms with E-state index < -0.39 is 5.54 Å². The highest BCUT2D eigenvalue weighted by molar-refractivity contribution is 6.07. The van der Waals surface area contributed by atoms with Crippen LogP contribution in [-0.4, -0.2) is 41.4 Å². The van der Waals surface area contributed by atoms with Crippen LogP contribution in [0.25, 0.3) is 0 Å². The molecule has 138 valence electrons. The Balaban J connectivity index is 1.46. The van der Waals surface area contributed by atoms with Crippen LogP contribution in [-0.2, 0) is 16.0 Å². The van der Waals surface area contributed by atoms with Crippen molar-refractivity contribution >= 4 is 23.5 Å². The lowest BCUT2D eigenvalue weighted by atomic mass is 9.97. The summed E-state index contributed by atoms with van der Waals surface area (Å²) in [5, 5.41) is 2.87. The van der Waals surface area contributed by atoms with Gasteiger partial charge in [-0.2, -0.15) is 0 Å². The summed E-state index contributed by atoms with van der Waals surface area (Å²) in [6.07, 6.45) is 5.43. The van der Waals surface area contributed by atoms with Crippen LogP contribution in [0.3, 0.4) is 0 Å². The van der Waals surface area contributed by atoms with Crippen molar-refractivity contribution < 1.29 is 14.4 Å². The second-order valence-corrected chi connectivity index (χ2v) is 7.66. The SMILES string of the molecule is Cc1cccc2c1N(C(=O)CCN1C(=O)NC3(CCCC3)C1=O)CCC2. The molecule has 6 nitrogen and oxygen atoms in total. The first-order valence-electron chi connectivity index (χ1n) is 9.55. The largest absolute Gasteiger partial charge is 0.325 e. The molecule has 1 aromatic carbocycles. The Bertz CT molecular complexity index is 768. The quantitative estimate of drug-likeness (QED) is 0.847. The first-order chi connectivity index (χ1) is 12.5. The Morgan fingerprint density at radius 2 is 1.96 bits per heavy atom. The normalized spacial score (nSPS) is 21.3. The molecule has 1 saturated carbocycles. The smallest absolute Gasteiger partial charge is 0.323 e. The van der Waals surface area contributed by atoms with Crippen LogP contribution in [0.5, 0.6) is 0 Å². The zero-order valence-electron chi connectivity index (χ0n) is 15.2. The second-order valence-electron chi connectivity index (χ2n) is 7.66. The highest BCUT2D eigenvalue weighted by Crippen LogP contribution is 2.35. The Kier molecular flexibility index (Phi) is 4.21. The fourth-order valence-electron chi connectivity index (χ4n) is 4.64. The zero-order valence-corrected chi connectivity index (χ0v) is 15.2. The van der Waals surface area contributed by atoms with Crippen molar-refractivity contribution in [3.63, 3.8) is 0 Å². The number of imide groups is 1. The van der Waals surface area contributed by atoms with Crippen molar-refractivity contribution in [1.29, 1.82) is 0 Å². The van der Waals surface area contributed by atoms with E-state index in [1.807, 2.05) is 24.0 Å². The molecule has 0 unspecified atom stereocenters. The summed E-state index contributed by atoms with van der Waals surface area (Å²) in [6, 6.07) is 5.77. The van der Waals surface area contributed by atoms with Gasteiger partial charge in [-0.25, -0.2) is 4.79 Å². The lowest BCUT2D eigenvalue weighted by Gasteiger charge is -2.31. The summed E-state index contributed by atoms with van der Waals surface area (Å²) in [6.45, 7) is 2.87. The first kappa shape index (κ1) is 17.1. The summed E-state index contributed by atoms with van der Waals surface area (Å²) in [5.74, 6) is -0.170. The number of hydrogen-bond donors (Lipinski definition) is 1. The predicted molar refractivity (Wildman–Crippen MR) is 97.9 cm³/mol. The van der Waals surface area contributed by atoms with E-state index in [9.17, 15) is 14.4 Å². The fourth-order valence-corrected chi connectivity index (χ4v) is 4.64. The average Bonchev–Trinajstić information content (AvgIpc) is 3.19. The molecule has 3 aliphatic rings. The summed E-state index contributed by atoms with van der Waals surface area (Å²) >= 11 is 0. The number of hydrogen-bond acceptors (Lipinski definition) is 3. The van der Waals surface area contributed by atoms with Crippen LogP contribution < -0.4 is 10.2 Å². The van der Waals surface area contributed by atoms with Gasteiger partial charge in [0.15, 0.2) is 0 Å². The first-order valence-corrected chi connectivity index (χ1v) is 9.55. The second kappa shape index (κ2) is 6.41. The van der Waals surface area contributed by atoms with E-state index in [4.69, 9.17) is 0 Å². The molecule has 1 aliphatic carbocycles. The van der Waals surface area contributed by atoms with Crippen LogP contribution >= 0.6 is 0 Å². The Morgan fingerprint density at radius 1 is 1.19 bits per heavy atom. The Labute approximate surface area is 153 Å². The maximum atomic E-state index is 12.9. The van der Waals surface area contributed by atoms with E-state index in [0.717, 1.165) is 36.9 Å². The summed E-state index contributed by atoms with van der Waals surface area (Å²) in [4.78, 5) is 40.9. The molecule has 2 fully saturated rings. The van der Waals surface area contributed by atoms with Crippen molar-refractivity contribution in [1.82, 2.24) is 10.2 Å². The van der Waals surface area contributed by atoms with Gasteiger partial charge in [0.25, 0.3) is 5.91 Å². The van der Waals surface area contributed by atoms with Gasteiger partial charge < -0.3 is 10.2 Å². The van der Waals surface area contributed by atoms with E-state index in [2.05, 4.69) is 11.4 Å². The van der Waals surface area contributed by atoms with E-state index in [0.29, 0.717) is 19.4 Å². The molecule has 0 atom stereocenters. The molecular formula is C20H25N3O3. The van der Waals surface area contributed by atoms with Gasteiger partial charge in [-0.3, -0.25) is 14.5 Å². The third kappa shape index (κ3) is 2.68. The number of nitrogens with one attached hydrogen (secondary N) is 1. The Morgan fingerprint density at radius 3 is 2.73 bits per heavy atom. The number of carbonyl (C=O) groups is 3. The third-order valence-electron chi connectivity index (χ3n) is 5.97. The topological polar surface area (TPSA) is 69.7 Å². The van der Waals surface area contributed by atoms with Crippen LogP contribution in [0, 0.1) is 6.92 Å². The summed E-state index contributed by atoms with van der Waals surface area (Å²) < 4.78 is 0. The fraction of sp³-hybridized carbons (Fsp3) is 0.550. The van der Waals surface area contributed by atoms with Gasteiger partial charge in [-0.1, -0.05) is 31.0 Å². The van der Waals surface area contributed by atoms with E-state index >= 15 is 0 Å². The minimum atomic E-state index is -0.700. The molecule has 0 aromatic heterocycles. The number of anilines is 1. The monoisotopic (exact) mass is 355 g/mol. The average molecular weight is 355 g/mol. The highest BCUT2D eigenvalue weighted by Gasteiger charge is 2.52. The van der Waals surface area contributed by atoms with Gasteiger partial charge in [0.05, 0.1) is 0 Å². The predicted octanol–water partition coefficient (Wildman–Crippen LogP) is 2.53. The lowest BCUT2D eigenvalue weighted by Crippen LogP contribution is -2.44. The molecule has 1 N–H and O–H groups in total. The number of para-hydroxylation sites is 1. The van der Waals surface area contributed by atoms with Crippen LogP contribution in [0.1, 0.15) is 49.7 Å². The van der Waals surface area contributed by atoms with Crippen LogP contribution in [0.4, 0.5) is 10.5 Å². The molecule has 2 heterocycles. The van der Waals surface area contributed by atoms with Crippen molar-refractivity contribution in [3.8, 4) is 0 Å². The minimum absolute atomic E-state index is 0.0202. The summed E-state index contributed by atoms with van der Waals surface area (Å²) in [7, 11) is 0. The van der Waals surface area contributed by atoms with Gasteiger partial charge in [-0.15, -0.1) is 0 Å². The van der Waals surface area contributed by atoms with E-state index in [1.54, 1.807) is 0 Å². The minimum Gasteiger partial charge on any atom is -0.323 e. The van der Waals surface area contributed by atoms with Crippen molar-refractivity contribution in [2.24, 2.45) is 0 Å². The number of benzene rings is 1. The zero-order chi connectivity index (χ0) is 18.3. The molecule has 1 spiro atoms. The summed E-state index contributed by atoms with van der Waals surface area (Å²) in [5.41, 5.74) is 2.60. The van der Waals surface area contributed by atoms with Gasteiger partial charge in [-0.05, 0) is 43.7 Å². The number of urea groups is 1. The number of amides is 4. The van der Waals surface area contributed by atoms with E-state index in [-0.39, 0.29) is 30.8 Å². The van der Waals surface area contributed by atoms with Gasteiger partial charge in [0, 0.05) is 25.2 Å². The maximum absolute atomic E-state index is 12.9. The highest BCUT2D eigenvalue weighted by atomic mass is 16.2. The Hall–Kier alpha value is -2.37. The molecule has 4 amide bonds. The van der Waals surface area contributed by atoms with Gasteiger partial charge in [0.1, 0.15) is 5.54 Å². The van der Waals surface area contributed by atoms with Crippen molar-refractivity contribution in [2.45, 2.75) is 57.4 Å². The van der Waals surface area contributed by atoms with Crippen LogP contribution in [0.2, 0.25) is 0 Å². The van der Waals surface area contributed by atoms with Crippen molar-refractivity contribution in [3.05, 3.63) is 29.3 Å². The number of aryl methyl sites for hydroxylation is 2. The maximum Gasteiger partial charge on any atom is 0.325 e. The molecule has 6 heteroatoms. The number of fused-ring (bicyclic) bond motifs is 1. The molecule has 2 aliphatic heterocycles. The standard InChI is InChI=1S/C20H25N3O3/c1-14-6-4-7-15-8-5-12-22(17(14)15)16(24)9-13-23-18(25)20(21-19(23)26)10-2-3-11-20/h4,6-7H,2-3,5,8-13H2,1H3,(H,21,26). The van der Waals surface area contributed by atoms with Crippen molar-refractivity contribution in [2.75, 3.05) is 18.0 Å². The number of rotatable bonds is 3. The van der Waals surface area contributed by atoms with Gasteiger partial charge in [0.2, 0.25) is 5.91 Å².